The number of halogens is 1. The fourth-order valence-corrected chi connectivity index (χ4v) is 2.35. The minimum absolute atomic E-state index is 0.0763. The van der Waals surface area contributed by atoms with Gasteiger partial charge in [-0.25, -0.2) is 0 Å². The van der Waals surface area contributed by atoms with Crippen LogP contribution in [0.4, 0.5) is 5.69 Å². The highest BCUT2D eigenvalue weighted by molar-refractivity contribution is 6.18. The average molecular weight is 288 g/mol. The first-order chi connectivity index (χ1) is 9.60. The van der Waals surface area contributed by atoms with Crippen LogP contribution in [0.25, 0.3) is 0 Å². The van der Waals surface area contributed by atoms with E-state index in [1.54, 1.807) is 0 Å². The summed E-state index contributed by atoms with van der Waals surface area (Å²) in [6, 6.07) is 13.6. The van der Waals surface area contributed by atoms with Crippen LogP contribution in [0.2, 0.25) is 0 Å². The summed E-state index contributed by atoms with van der Waals surface area (Å²) in [5.74, 6) is 0.529. The van der Waals surface area contributed by atoms with Crippen LogP contribution in [0.15, 0.2) is 42.5 Å². The van der Waals surface area contributed by atoms with Gasteiger partial charge in [0.1, 0.15) is 0 Å². The highest BCUT2D eigenvalue weighted by Crippen LogP contribution is 2.15. The first kappa shape index (κ1) is 14.6. The van der Waals surface area contributed by atoms with Gasteiger partial charge in [0.05, 0.1) is 0 Å². The third-order valence-corrected chi connectivity index (χ3v) is 3.41. The van der Waals surface area contributed by atoms with Crippen LogP contribution >= 0.6 is 11.6 Å². The Balaban J connectivity index is 2.11. The fraction of sp³-hybridized carbons (Fsp3) is 0.235. The second kappa shape index (κ2) is 6.58. The standard InChI is InChI=1S/C17H18ClNO/c1-12-3-8-16(13(2)11-12)17(20)19-15-6-4-14(5-7-15)9-10-18/h3-8,11H,9-10H2,1-2H3,(H,19,20). The Labute approximate surface area is 124 Å². The Bertz CT molecular complexity index is 605. The zero-order valence-corrected chi connectivity index (χ0v) is 12.5. The Morgan fingerprint density at radius 2 is 1.80 bits per heavy atom. The van der Waals surface area contributed by atoms with Gasteiger partial charge in [0.25, 0.3) is 5.91 Å². The third-order valence-electron chi connectivity index (χ3n) is 3.22. The average Bonchev–Trinajstić information content (AvgIpc) is 2.41. The molecule has 0 atom stereocenters. The molecule has 0 aliphatic heterocycles. The first-order valence-corrected chi connectivity index (χ1v) is 7.17. The zero-order chi connectivity index (χ0) is 14.5. The van der Waals surface area contributed by atoms with Crippen LogP contribution < -0.4 is 5.32 Å². The molecule has 0 aliphatic rings. The van der Waals surface area contributed by atoms with Crippen molar-refractivity contribution < 1.29 is 4.79 Å². The number of alkyl halides is 1. The van der Waals surface area contributed by atoms with Gasteiger partial charge in [0.2, 0.25) is 0 Å². The van der Waals surface area contributed by atoms with E-state index in [0.717, 1.165) is 23.2 Å². The number of aryl methyl sites for hydroxylation is 3. The van der Waals surface area contributed by atoms with Gasteiger partial charge >= 0.3 is 0 Å². The second-order valence-electron chi connectivity index (χ2n) is 4.91. The summed E-state index contributed by atoms with van der Waals surface area (Å²) in [5.41, 5.74) is 4.82. The molecule has 0 radical (unpaired) electrons. The molecule has 3 heteroatoms. The van der Waals surface area contributed by atoms with Gasteiger partial charge < -0.3 is 5.32 Å². The van der Waals surface area contributed by atoms with Crippen molar-refractivity contribution in [2.75, 3.05) is 11.2 Å². The van der Waals surface area contributed by atoms with Gasteiger partial charge in [-0.15, -0.1) is 11.6 Å². The van der Waals surface area contributed by atoms with E-state index >= 15 is 0 Å². The molecule has 0 unspecified atom stereocenters. The molecule has 20 heavy (non-hydrogen) atoms. The lowest BCUT2D eigenvalue weighted by atomic mass is 10.1. The van der Waals surface area contributed by atoms with Gasteiger partial charge in [-0.3, -0.25) is 4.79 Å². The summed E-state index contributed by atoms with van der Waals surface area (Å²) in [5, 5.41) is 2.92. The predicted octanol–water partition coefficient (Wildman–Crippen LogP) is 4.34. The van der Waals surface area contributed by atoms with Crippen molar-refractivity contribution in [3.63, 3.8) is 0 Å². The maximum atomic E-state index is 12.2. The Kier molecular flexibility index (Phi) is 4.80. The molecule has 1 amide bonds. The molecule has 0 aromatic heterocycles. The summed E-state index contributed by atoms with van der Waals surface area (Å²) in [6.45, 7) is 3.97. The van der Waals surface area contributed by atoms with Gasteiger partial charge in [-0.2, -0.15) is 0 Å². The quantitative estimate of drug-likeness (QED) is 0.833. The molecule has 2 aromatic rings. The van der Waals surface area contributed by atoms with Crippen LogP contribution in [0, 0.1) is 13.8 Å². The van der Waals surface area contributed by atoms with E-state index < -0.39 is 0 Å². The smallest absolute Gasteiger partial charge is 0.255 e. The lowest BCUT2D eigenvalue weighted by molar-refractivity contribution is 0.102. The molecule has 0 aliphatic carbocycles. The number of carbonyl (C=O) groups is 1. The molecule has 104 valence electrons. The normalized spacial score (nSPS) is 10.3. The first-order valence-electron chi connectivity index (χ1n) is 6.63. The van der Waals surface area contributed by atoms with Gasteiger partial charge in [-0.05, 0) is 49.6 Å². The summed E-state index contributed by atoms with van der Waals surface area (Å²) in [4.78, 5) is 12.2. The molecule has 1 N–H and O–H groups in total. The van der Waals surface area contributed by atoms with E-state index in [0.29, 0.717) is 11.4 Å². The molecule has 2 rings (SSSR count). The van der Waals surface area contributed by atoms with Crippen LogP contribution in [-0.4, -0.2) is 11.8 Å². The van der Waals surface area contributed by atoms with Gasteiger partial charge in [0, 0.05) is 17.1 Å². The summed E-state index contributed by atoms with van der Waals surface area (Å²) in [7, 11) is 0. The van der Waals surface area contributed by atoms with Crippen LogP contribution in [0.1, 0.15) is 27.0 Å². The van der Waals surface area contributed by atoms with E-state index in [2.05, 4.69) is 5.32 Å². The Hall–Kier alpha value is -1.80. The monoisotopic (exact) mass is 287 g/mol. The largest absolute Gasteiger partial charge is 0.322 e. The Morgan fingerprint density at radius 3 is 2.40 bits per heavy atom. The number of rotatable bonds is 4. The van der Waals surface area contributed by atoms with E-state index in [1.165, 1.54) is 5.56 Å². The van der Waals surface area contributed by atoms with Crippen molar-refractivity contribution in [3.8, 4) is 0 Å². The van der Waals surface area contributed by atoms with Crippen molar-refractivity contribution in [3.05, 3.63) is 64.7 Å². The predicted molar refractivity (Wildman–Crippen MR) is 84.7 cm³/mol. The summed E-state index contributed by atoms with van der Waals surface area (Å²) >= 11 is 5.70. The van der Waals surface area contributed by atoms with Gasteiger partial charge in [-0.1, -0.05) is 29.8 Å². The van der Waals surface area contributed by atoms with Crippen molar-refractivity contribution in [2.45, 2.75) is 20.3 Å². The number of hydrogen-bond acceptors (Lipinski definition) is 1. The topological polar surface area (TPSA) is 29.1 Å². The van der Waals surface area contributed by atoms with E-state index in [4.69, 9.17) is 11.6 Å². The second-order valence-corrected chi connectivity index (χ2v) is 5.29. The lowest BCUT2D eigenvalue weighted by Gasteiger charge is -2.09. The highest BCUT2D eigenvalue weighted by atomic mass is 35.5. The molecule has 0 saturated carbocycles. The molecule has 0 fully saturated rings. The maximum Gasteiger partial charge on any atom is 0.255 e. The molecule has 2 aromatic carbocycles. The van der Waals surface area contributed by atoms with Crippen LogP contribution in [0.3, 0.4) is 0 Å². The number of carbonyl (C=O) groups excluding carboxylic acids is 1. The van der Waals surface area contributed by atoms with E-state index in [1.807, 2.05) is 56.3 Å². The number of nitrogens with one attached hydrogen (secondary N) is 1. The van der Waals surface area contributed by atoms with Crippen molar-refractivity contribution in [1.29, 1.82) is 0 Å². The molecule has 0 bridgehead atoms. The van der Waals surface area contributed by atoms with E-state index in [-0.39, 0.29) is 5.91 Å². The van der Waals surface area contributed by atoms with E-state index in [9.17, 15) is 4.79 Å². The minimum atomic E-state index is -0.0763. The summed E-state index contributed by atoms with van der Waals surface area (Å²) in [6.07, 6.45) is 0.840. The number of benzene rings is 2. The number of anilines is 1. The number of amides is 1. The van der Waals surface area contributed by atoms with Crippen molar-refractivity contribution in [1.82, 2.24) is 0 Å². The third kappa shape index (κ3) is 3.61. The van der Waals surface area contributed by atoms with Gasteiger partial charge in [0.15, 0.2) is 0 Å². The van der Waals surface area contributed by atoms with Crippen LogP contribution in [-0.2, 0) is 6.42 Å². The molecule has 0 saturated heterocycles. The van der Waals surface area contributed by atoms with Crippen molar-refractivity contribution in [2.24, 2.45) is 0 Å². The lowest BCUT2D eigenvalue weighted by Crippen LogP contribution is -2.13. The fourth-order valence-electron chi connectivity index (χ4n) is 2.13. The zero-order valence-electron chi connectivity index (χ0n) is 11.7. The molecule has 0 spiro atoms. The van der Waals surface area contributed by atoms with Crippen molar-refractivity contribution >= 4 is 23.2 Å². The number of hydrogen-bond donors (Lipinski definition) is 1. The van der Waals surface area contributed by atoms with Crippen LogP contribution in [0.5, 0.6) is 0 Å². The maximum absolute atomic E-state index is 12.2. The SMILES string of the molecule is Cc1ccc(C(=O)Nc2ccc(CCCl)cc2)c(C)c1. The molecule has 0 heterocycles. The molecular formula is C17H18ClNO. The Morgan fingerprint density at radius 1 is 1.10 bits per heavy atom. The minimum Gasteiger partial charge on any atom is -0.322 e. The molecular weight excluding hydrogens is 270 g/mol. The highest BCUT2D eigenvalue weighted by Gasteiger charge is 2.09. The molecule has 2 nitrogen and oxygen atoms in total. The summed E-state index contributed by atoms with van der Waals surface area (Å²) < 4.78 is 0.